The molecule has 0 unspecified atom stereocenters. The molecule has 0 bridgehead atoms. The average Bonchev–Trinajstić information content (AvgIpc) is 3.23. The van der Waals surface area contributed by atoms with Crippen LogP contribution in [0.1, 0.15) is 27.6 Å². The Morgan fingerprint density at radius 2 is 2.09 bits per heavy atom. The number of thiazole rings is 1. The number of benzene rings is 1. The zero-order valence-electron chi connectivity index (χ0n) is 12.6. The number of rotatable bonds is 6. The smallest absolute Gasteiger partial charge is 0.221 e. The second kappa shape index (κ2) is 7.07. The molecule has 0 amide bonds. The number of nitrogens with zero attached hydrogens (tertiary/aromatic N) is 1. The van der Waals surface area contributed by atoms with Crippen LogP contribution in [0.2, 0.25) is 0 Å². The van der Waals surface area contributed by atoms with Gasteiger partial charge in [0.2, 0.25) is 5.78 Å². The van der Waals surface area contributed by atoms with Gasteiger partial charge in [0.25, 0.3) is 0 Å². The maximum atomic E-state index is 11.9. The van der Waals surface area contributed by atoms with E-state index in [0.717, 1.165) is 22.8 Å². The minimum Gasteiger partial charge on any atom is -0.487 e. The van der Waals surface area contributed by atoms with E-state index in [-0.39, 0.29) is 5.78 Å². The maximum absolute atomic E-state index is 11.9. The molecule has 1 aromatic carbocycles. The van der Waals surface area contributed by atoms with Gasteiger partial charge in [0, 0.05) is 5.38 Å². The number of hydrogen-bond acceptors (Lipinski definition) is 5. The summed E-state index contributed by atoms with van der Waals surface area (Å²) >= 11 is 1.55. The van der Waals surface area contributed by atoms with Gasteiger partial charge in [-0.2, -0.15) is 0 Å². The van der Waals surface area contributed by atoms with Crippen LogP contribution in [0.25, 0.3) is 6.08 Å². The van der Waals surface area contributed by atoms with Gasteiger partial charge in [0.05, 0.1) is 11.2 Å². The third kappa shape index (κ3) is 4.17. The number of allylic oxidation sites excluding steroid dienone is 1. The van der Waals surface area contributed by atoms with Crippen molar-refractivity contribution >= 4 is 23.2 Å². The van der Waals surface area contributed by atoms with Crippen LogP contribution >= 0.6 is 11.3 Å². The van der Waals surface area contributed by atoms with Crippen molar-refractivity contribution < 1.29 is 13.9 Å². The molecular weight excluding hydrogens is 310 g/mol. The summed E-state index contributed by atoms with van der Waals surface area (Å²) in [6.07, 6.45) is 3.26. The Bertz CT molecular complexity index is 801. The minimum absolute atomic E-state index is 0.151. The summed E-state index contributed by atoms with van der Waals surface area (Å²) in [7, 11) is 0. The Hall–Kier alpha value is -2.66. The number of carbonyl (C=O) groups excluding carboxylic acids is 1. The Kier molecular flexibility index (Phi) is 4.68. The van der Waals surface area contributed by atoms with Crippen molar-refractivity contribution in [2.24, 2.45) is 0 Å². The lowest BCUT2D eigenvalue weighted by atomic mass is 10.2. The van der Waals surface area contributed by atoms with Crippen molar-refractivity contribution in [2.45, 2.75) is 13.5 Å². The molecule has 4 nitrogen and oxygen atoms in total. The van der Waals surface area contributed by atoms with Gasteiger partial charge >= 0.3 is 0 Å². The van der Waals surface area contributed by atoms with Crippen LogP contribution in [-0.4, -0.2) is 10.8 Å². The molecule has 116 valence electrons. The lowest BCUT2D eigenvalue weighted by molar-refractivity contribution is 0.102. The molecule has 0 N–H and O–H groups in total. The lowest BCUT2D eigenvalue weighted by Crippen LogP contribution is -1.95. The van der Waals surface area contributed by atoms with Gasteiger partial charge in [-0.3, -0.25) is 4.79 Å². The van der Waals surface area contributed by atoms with Crippen molar-refractivity contribution in [1.29, 1.82) is 0 Å². The van der Waals surface area contributed by atoms with Crippen LogP contribution in [0.5, 0.6) is 5.75 Å². The van der Waals surface area contributed by atoms with Gasteiger partial charge in [-0.05, 0) is 42.8 Å². The third-order valence-electron chi connectivity index (χ3n) is 3.16. The topological polar surface area (TPSA) is 52.3 Å². The van der Waals surface area contributed by atoms with E-state index in [0.29, 0.717) is 12.4 Å². The second-order valence-corrected chi connectivity index (χ2v) is 5.66. The molecule has 0 saturated carbocycles. The molecule has 2 heterocycles. The quantitative estimate of drug-likeness (QED) is 0.494. The highest BCUT2D eigenvalue weighted by Crippen LogP contribution is 2.16. The molecule has 2 aromatic heterocycles. The Morgan fingerprint density at radius 3 is 2.74 bits per heavy atom. The molecule has 3 aromatic rings. The zero-order chi connectivity index (χ0) is 16.1. The van der Waals surface area contributed by atoms with E-state index in [1.165, 1.54) is 6.08 Å². The van der Waals surface area contributed by atoms with E-state index >= 15 is 0 Å². The molecule has 5 heteroatoms. The van der Waals surface area contributed by atoms with E-state index in [2.05, 4.69) is 4.98 Å². The predicted molar refractivity (Wildman–Crippen MR) is 89.7 cm³/mol. The van der Waals surface area contributed by atoms with Gasteiger partial charge in [0.1, 0.15) is 18.1 Å². The first-order valence-corrected chi connectivity index (χ1v) is 8.04. The van der Waals surface area contributed by atoms with Gasteiger partial charge in [-0.1, -0.05) is 18.2 Å². The number of ketones is 1. The first-order valence-electron chi connectivity index (χ1n) is 7.09. The van der Waals surface area contributed by atoms with Crippen molar-refractivity contribution in [3.05, 3.63) is 76.1 Å². The summed E-state index contributed by atoms with van der Waals surface area (Å²) in [5.74, 6) is 1.69. The summed E-state index contributed by atoms with van der Waals surface area (Å²) in [6.45, 7) is 2.26. The van der Waals surface area contributed by atoms with Crippen LogP contribution < -0.4 is 4.74 Å². The van der Waals surface area contributed by atoms with Gasteiger partial charge in [0.15, 0.2) is 5.76 Å². The standard InChI is InChI=1S/C18H15NO3S/c1-13-2-9-18(22-13)17(20)8-5-14-3-6-16(7-4-14)21-10-15-11-23-12-19-15/h2-9,11-12H,10H2,1H3/b8-5+. The van der Waals surface area contributed by atoms with Crippen LogP contribution in [0, 0.1) is 6.92 Å². The fourth-order valence-electron chi connectivity index (χ4n) is 1.96. The highest BCUT2D eigenvalue weighted by Gasteiger charge is 2.05. The molecular formula is C18H15NO3S. The lowest BCUT2D eigenvalue weighted by Gasteiger charge is -2.04. The molecule has 0 radical (unpaired) electrons. The van der Waals surface area contributed by atoms with E-state index in [1.54, 1.807) is 35.1 Å². The molecule has 0 fully saturated rings. The van der Waals surface area contributed by atoms with E-state index in [4.69, 9.17) is 9.15 Å². The summed E-state index contributed by atoms with van der Waals surface area (Å²) in [5.41, 5.74) is 3.62. The number of carbonyl (C=O) groups is 1. The fourth-order valence-corrected chi connectivity index (χ4v) is 2.51. The molecule has 0 aliphatic heterocycles. The van der Waals surface area contributed by atoms with Crippen LogP contribution in [0.3, 0.4) is 0 Å². The second-order valence-electron chi connectivity index (χ2n) is 4.95. The van der Waals surface area contributed by atoms with Crippen LogP contribution in [0.4, 0.5) is 0 Å². The number of aryl methyl sites for hydroxylation is 1. The fraction of sp³-hybridized carbons (Fsp3) is 0.111. The molecule has 0 atom stereocenters. The molecule has 0 saturated heterocycles. The Morgan fingerprint density at radius 1 is 1.26 bits per heavy atom. The maximum Gasteiger partial charge on any atom is 0.221 e. The monoisotopic (exact) mass is 325 g/mol. The molecule has 23 heavy (non-hydrogen) atoms. The number of hydrogen-bond donors (Lipinski definition) is 0. The Balaban J connectivity index is 1.58. The first-order chi connectivity index (χ1) is 11.2. The number of ether oxygens (including phenoxy) is 1. The third-order valence-corrected chi connectivity index (χ3v) is 3.80. The molecule has 0 aliphatic rings. The summed E-state index contributed by atoms with van der Waals surface area (Å²) < 4.78 is 10.9. The number of aromatic nitrogens is 1. The number of furan rings is 1. The highest BCUT2D eigenvalue weighted by atomic mass is 32.1. The van der Waals surface area contributed by atoms with Crippen molar-refractivity contribution in [3.8, 4) is 5.75 Å². The predicted octanol–water partition coefficient (Wildman–Crippen LogP) is 4.52. The minimum atomic E-state index is -0.151. The van der Waals surface area contributed by atoms with Gasteiger partial charge < -0.3 is 9.15 Å². The highest BCUT2D eigenvalue weighted by molar-refractivity contribution is 7.07. The Labute approximate surface area is 138 Å². The normalized spacial score (nSPS) is 11.0. The summed E-state index contributed by atoms with van der Waals surface area (Å²) in [6, 6.07) is 11.0. The molecule has 0 aliphatic carbocycles. The van der Waals surface area contributed by atoms with Gasteiger partial charge in [-0.15, -0.1) is 11.3 Å². The summed E-state index contributed by atoms with van der Waals surface area (Å²) in [4.78, 5) is 16.1. The molecule has 3 rings (SSSR count). The first kappa shape index (κ1) is 15.2. The van der Waals surface area contributed by atoms with E-state index in [9.17, 15) is 4.79 Å². The van der Waals surface area contributed by atoms with Crippen LogP contribution in [0.15, 0.2) is 57.8 Å². The summed E-state index contributed by atoms with van der Waals surface area (Å²) in [5, 5.41) is 1.96. The zero-order valence-corrected chi connectivity index (χ0v) is 13.4. The SMILES string of the molecule is Cc1ccc(C(=O)/C=C/c2ccc(OCc3cscn3)cc2)o1. The largest absolute Gasteiger partial charge is 0.487 e. The van der Waals surface area contributed by atoms with Crippen LogP contribution in [-0.2, 0) is 6.61 Å². The molecule has 0 spiro atoms. The van der Waals surface area contributed by atoms with Crippen molar-refractivity contribution in [3.63, 3.8) is 0 Å². The van der Waals surface area contributed by atoms with E-state index < -0.39 is 0 Å². The van der Waals surface area contributed by atoms with Gasteiger partial charge in [-0.25, -0.2) is 4.98 Å². The average molecular weight is 325 g/mol. The van der Waals surface area contributed by atoms with E-state index in [1.807, 2.05) is 36.6 Å². The van der Waals surface area contributed by atoms with Crippen molar-refractivity contribution in [1.82, 2.24) is 4.98 Å². The van der Waals surface area contributed by atoms with Crippen molar-refractivity contribution in [2.75, 3.05) is 0 Å².